The van der Waals surface area contributed by atoms with E-state index < -0.39 is 47.8 Å². The van der Waals surface area contributed by atoms with Gasteiger partial charge in [0, 0.05) is 60.5 Å². The number of carbonyl (C=O) groups is 3. The molecule has 29 nitrogen and oxygen atoms in total. The molecular weight excluding hydrogens is 1800 g/mol. The maximum atomic E-state index is 13.6. The largest absolute Gasteiger partial charge is 0.486 e. The predicted molar refractivity (Wildman–Crippen MR) is 526 cm³/mol. The van der Waals surface area contributed by atoms with Crippen LogP contribution in [-0.4, -0.2) is 142 Å². The van der Waals surface area contributed by atoms with Gasteiger partial charge in [0.15, 0.2) is 15.1 Å². The van der Waals surface area contributed by atoms with Crippen molar-refractivity contribution in [3.05, 3.63) is 232 Å². The van der Waals surface area contributed by atoms with Gasteiger partial charge in [0.25, 0.3) is 47.8 Å². The number of pyridine rings is 9. The molecule has 7 aliphatic heterocycles. The molecule has 16 heterocycles. The Morgan fingerprint density at radius 3 is 1.13 bits per heavy atom. The van der Waals surface area contributed by atoms with Crippen molar-refractivity contribution in [2.24, 2.45) is 34.0 Å². The second kappa shape index (κ2) is 39.7. The van der Waals surface area contributed by atoms with Gasteiger partial charge in [-0.15, -0.1) is 0 Å². The first-order chi connectivity index (χ1) is 62.3. The molecule has 34 heteroatoms. The van der Waals surface area contributed by atoms with E-state index in [2.05, 4.69) is 239 Å². The van der Waals surface area contributed by atoms with Gasteiger partial charge in [-0.1, -0.05) is 117 Å². The lowest BCUT2D eigenvalue weighted by Crippen LogP contribution is -2.41. The fourth-order valence-electron chi connectivity index (χ4n) is 17.8. The van der Waals surface area contributed by atoms with E-state index in [0.717, 1.165) is 99.9 Å². The summed E-state index contributed by atoms with van der Waals surface area (Å²) in [6.07, 6.45) is 20.9. The zero-order valence-corrected chi connectivity index (χ0v) is 83.8. The third kappa shape index (κ3) is 25.5. The van der Waals surface area contributed by atoms with Gasteiger partial charge in [-0.25, -0.2) is 44.1 Å². The summed E-state index contributed by atoms with van der Waals surface area (Å²) in [6.45, 7) is 42.6. The number of allylic oxidation sites excluding steroid dienone is 2. The Morgan fingerprint density at radius 1 is 0.421 bits per heavy atom. The number of fused-ring (bicyclic) bond motifs is 18. The highest BCUT2D eigenvalue weighted by Gasteiger charge is 2.51. The van der Waals surface area contributed by atoms with Crippen LogP contribution in [-0.2, 0) is 45.8 Å². The number of carbonyl (C=O) groups excluding carboxylic acids is 3. The second-order valence-electron chi connectivity index (χ2n) is 41.8. The number of anilines is 6. The van der Waals surface area contributed by atoms with Crippen LogP contribution in [0.25, 0.3) is 6.08 Å². The molecule has 3 amide bonds. The van der Waals surface area contributed by atoms with Crippen LogP contribution < -0.4 is 44.8 Å². The molecule has 16 rings (SSSR count). The monoisotopic (exact) mass is 1930 g/mol. The number of sulfonamides is 3. The molecule has 9 aromatic heterocycles. The molecule has 9 aromatic rings. The van der Waals surface area contributed by atoms with Crippen LogP contribution in [0, 0.1) is 34.0 Å². The lowest BCUT2D eigenvalue weighted by atomic mass is 9.84. The number of rotatable bonds is 7. The van der Waals surface area contributed by atoms with Gasteiger partial charge in [-0.3, -0.25) is 29.3 Å². The molecule has 6 atom stereocenters. The van der Waals surface area contributed by atoms with Crippen molar-refractivity contribution in [1.29, 1.82) is 0 Å². The Hall–Kier alpha value is -10.6. The standard InChI is InChI=1S/C31H40N6O3S.C31H38N6O3S.C25H27BrN6O3S.C12H23BO2/c2*1-30(2,3)17-16-22-13-14-23-28(33-22)37-20-21(19-31(37,4)5)12-15-25(24-9-6-7-18-32-24)34-26-10-8-11-27(35-26)41(39,40)36-29(23)38;1-25(2)14-16-9-11-19(18-6-3-4-13-27-18)28-21-7-5-8-22(30-21)36(34,35)31-24(33)17-10-12-20(26)29-23(17)32(25)15-16;1-10(2,3)8-9-13-14-11(4,5)12(6,7)15-13/h6-11,13-14,18,21,25H,12,15-17,19-20H2,1-5H3,(H,34,35)(H,36,38);6-11,13-14,16-18,21,25H,12,15,19-20H2,1-5H3,(H,34,35)(H,36,38);3-8,10,12-13,16,19H,9,11,14-15H2,1-2H3,(H,28,30)(H,31,33);8-9H,1-7H3/b;17-16+;;9-8+/t2*21-,25+;16-,19+;/m000./s1. The van der Waals surface area contributed by atoms with Crippen molar-refractivity contribution in [2.45, 2.75) is 263 Å². The smallest absolute Gasteiger partial charge is 0.400 e. The van der Waals surface area contributed by atoms with Gasteiger partial charge in [0.05, 0.1) is 68.8 Å². The zero-order valence-electron chi connectivity index (χ0n) is 79.8. The third-order valence-electron chi connectivity index (χ3n) is 25.3. The number of aromatic nitrogens is 9. The molecule has 4 saturated heterocycles. The van der Waals surface area contributed by atoms with Crippen LogP contribution in [0.1, 0.15) is 273 Å². The number of nitrogens with one attached hydrogen (secondary N) is 6. The Labute approximate surface area is 794 Å². The quantitative estimate of drug-likeness (QED) is 0.0637. The highest BCUT2D eigenvalue weighted by atomic mass is 79.9. The number of hydrogen-bond acceptors (Lipinski definition) is 26. The predicted octanol–water partition coefficient (Wildman–Crippen LogP) is 18.6. The summed E-state index contributed by atoms with van der Waals surface area (Å²) in [5, 5.41) is 9.46. The van der Waals surface area contributed by atoms with E-state index >= 15 is 0 Å². The Bertz CT molecular complexity index is 6100. The summed E-state index contributed by atoms with van der Waals surface area (Å²) in [5.41, 5.74) is 3.78. The average Bonchev–Trinajstić information content (AvgIpc) is 1.63. The van der Waals surface area contributed by atoms with Crippen LogP contribution in [0.4, 0.5) is 34.9 Å². The first-order valence-corrected chi connectivity index (χ1v) is 50.9. The van der Waals surface area contributed by atoms with Gasteiger partial charge < -0.3 is 40.0 Å². The molecule has 7 aliphatic rings. The molecule has 0 radical (unpaired) electrons. The minimum atomic E-state index is -4.26. The zero-order chi connectivity index (χ0) is 96.2. The summed E-state index contributed by atoms with van der Waals surface area (Å²) in [5.74, 6) is 3.52. The van der Waals surface area contributed by atoms with Crippen LogP contribution in [0.5, 0.6) is 0 Å². The van der Waals surface area contributed by atoms with E-state index in [-0.39, 0.29) is 101 Å². The number of halogens is 1. The Kier molecular flexibility index (Phi) is 29.8. The topological polar surface area (TPSA) is 370 Å². The lowest BCUT2D eigenvalue weighted by Gasteiger charge is -2.34. The van der Waals surface area contributed by atoms with E-state index in [4.69, 9.17) is 19.3 Å². The van der Waals surface area contributed by atoms with Crippen molar-refractivity contribution >= 4 is 112 Å². The summed E-state index contributed by atoms with van der Waals surface area (Å²) < 4.78 is 98.7. The fraction of sp³-hybridized carbons (Fsp3) is 0.475. The summed E-state index contributed by atoms with van der Waals surface area (Å²) in [4.78, 5) is 88.2. The minimum absolute atomic E-state index is 0.0457. The molecule has 133 heavy (non-hydrogen) atoms. The van der Waals surface area contributed by atoms with Gasteiger partial charge in [-0.2, -0.15) is 25.3 Å². The van der Waals surface area contributed by atoms with E-state index in [1.54, 1.807) is 85.3 Å². The molecular formula is C99H128BBrN18O11S3. The molecule has 4 fully saturated rings. The van der Waals surface area contributed by atoms with Gasteiger partial charge in [0.1, 0.15) is 39.5 Å². The number of nitrogens with zero attached hydrogens (tertiary/aromatic N) is 12. The molecule has 0 saturated carbocycles. The van der Waals surface area contributed by atoms with Gasteiger partial charge in [0.2, 0.25) is 0 Å². The summed E-state index contributed by atoms with van der Waals surface area (Å²) in [7, 11) is -13.0. The number of hydrogen-bond donors (Lipinski definition) is 6. The lowest BCUT2D eigenvalue weighted by molar-refractivity contribution is 0.00578. The fourth-order valence-corrected chi connectivity index (χ4v) is 20.9. The maximum absolute atomic E-state index is 13.6. The van der Waals surface area contributed by atoms with E-state index in [1.165, 1.54) is 18.2 Å². The van der Waals surface area contributed by atoms with Crippen molar-refractivity contribution in [2.75, 3.05) is 50.3 Å². The first-order valence-electron chi connectivity index (χ1n) is 45.7. The van der Waals surface area contributed by atoms with E-state index in [0.29, 0.717) is 76.0 Å². The molecule has 0 unspecified atom stereocenters. The van der Waals surface area contributed by atoms with Crippen LogP contribution in [0.2, 0.25) is 0 Å². The van der Waals surface area contributed by atoms with E-state index in [9.17, 15) is 39.6 Å². The van der Waals surface area contributed by atoms with Crippen LogP contribution in [0.3, 0.4) is 0 Å². The SMILES string of the molecule is CC(C)(C)/C=C/B1OC(C)(C)C(C)(C)O1.CC(C)(C)/C=C/c1ccc2c(n1)N1C[C@@H](CC[C@H](c3ccccn3)Nc3cccc(n3)S(=O)(=O)NC2=O)CC1(C)C.CC(C)(C)CCc1ccc2c(n1)N1C[C@@H](CC[C@H](c3ccccn3)Nc3cccc(n3)S(=O)(=O)NC2=O)CC1(C)C.CC1(C)C[C@@H]2CC[C@H](c3ccccn3)Nc3cccc(n3)S(=O)(=O)NC(=O)c3ccc(Br)nc3N1C2. The van der Waals surface area contributed by atoms with Crippen molar-refractivity contribution in [1.82, 2.24) is 59.0 Å². The van der Waals surface area contributed by atoms with Crippen molar-refractivity contribution < 1.29 is 48.9 Å². The van der Waals surface area contributed by atoms with Crippen LogP contribution >= 0.6 is 15.9 Å². The Morgan fingerprint density at radius 2 is 0.774 bits per heavy atom. The van der Waals surface area contributed by atoms with Gasteiger partial charge >= 0.3 is 7.12 Å². The first kappa shape index (κ1) is 99.8. The second-order valence-corrected chi connectivity index (χ2v) is 47.5. The molecule has 708 valence electrons. The number of aryl methyl sites for hydroxylation is 1. The van der Waals surface area contributed by atoms with Crippen molar-refractivity contribution in [3.63, 3.8) is 0 Å². The van der Waals surface area contributed by atoms with Crippen LogP contribution in [0.15, 0.2) is 202 Å². The Balaban J connectivity index is 0.000000157. The average molecular weight is 1930 g/mol. The molecule has 12 bridgehead atoms. The third-order valence-corrected chi connectivity index (χ3v) is 29.5. The van der Waals surface area contributed by atoms with Crippen molar-refractivity contribution in [3.8, 4) is 0 Å². The highest BCUT2D eigenvalue weighted by Crippen LogP contribution is 2.46. The number of amides is 3. The molecule has 0 spiro atoms. The summed E-state index contributed by atoms with van der Waals surface area (Å²) in [6, 6.07) is 41.2. The van der Waals surface area contributed by atoms with Gasteiger partial charge in [-0.05, 0) is 305 Å². The van der Waals surface area contributed by atoms with E-state index in [1.807, 2.05) is 72.7 Å². The highest BCUT2D eigenvalue weighted by molar-refractivity contribution is 9.10. The molecule has 0 aromatic carbocycles. The summed E-state index contributed by atoms with van der Waals surface area (Å²) >= 11 is 3.41. The molecule has 0 aliphatic carbocycles. The normalized spacial score (nSPS) is 22.7. The molecule has 6 N–H and O–H groups in total. The maximum Gasteiger partial charge on any atom is 0.486 e. The minimum Gasteiger partial charge on any atom is -0.400 e.